The molecule has 178 valence electrons. The zero-order valence-electron chi connectivity index (χ0n) is 20.0. The van der Waals surface area contributed by atoms with Gasteiger partial charge in [-0.15, -0.1) is 0 Å². The van der Waals surface area contributed by atoms with E-state index in [-0.39, 0.29) is 5.91 Å². The molecule has 6 nitrogen and oxygen atoms in total. The van der Waals surface area contributed by atoms with Crippen LogP contribution in [0.2, 0.25) is 0 Å². The zero-order chi connectivity index (χ0) is 23.6. The monoisotopic (exact) mass is 458 g/mol. The molecule has 0 unspecified atom stereocenters. The van der Waals surface area contributed by atoms with Gasteiger partial charge < -0.3 is 15.0 Å². The molecule has 0 saturated carbocycles. The number of hydrogen-bond acceptors (Lipinski definition) is 5. The third-order valence-electron chi connectivity index (χ3n) is 6.21. The molecule has 1 aliphatic rings. The first-order chi connectivity index (χ1) is 16.7. The fraction of sp³-hybridized carbons (Fsp3) is 0.357. The molecule has 1 N–H and O–H groups in total. The number of unbranched alkanes of at least 4 members (excludes halogenated alkanes) is 1. The van der Waals surface area contributed by atoms with Gasteiger partial charge in [0.05, 0.1) is 18.0 Å². The number of carbonyl (C=O) groups is 1. The zero-order valence-corrected chi connectivity index (χ0v) is 20.0. The van der Waals surface area contributed by atoms with Gasteiger partial charge in [-0.1, -0.05) is 25.5 Å². The highest BCUT2D eigenvalue weighted by Crippen LogP contribution is 2.27. The maximum absolute atomic E-state index is 12.9. The van der Waals surface area contributed by atoms with Crippen LogP contribution in [0.25, 0.3) is 0 Å². The van der Waals surface area contributed by atoms with Gasteiger partial charge >= 0.3 is 0 Å². The van der Waals surface area contributed by atoms with Crippen LogP contribution in [0.5, 0.6) is 5.75 Å². The summed E-state index contributed by atoms with van der Waals surface area (Å²) in [6, 6.07) is 19.6. The molecule has 1 aromatic heterocycles. The Bertz CT molecular complexity index is 1030. The number of nitrogens with zero attached hydrogens (tertiary/aromatic N) is 3. The Hall–Kier alpha value is -3.38. The molecule has 2 aromatic carbocycles. The van der Waals surface area contributed by atoms with Gasteiger partial charge in [0.2, 0.25) is 0 Å². The lowest BCUT2D eigenvalue weighted by Crippen LogP contribution is -2.47. The van der Waals surface area contributed by atoms with Gasteiger partial charge in [-0.3, -0.25) is 14.7 Å². The minimum atomic E-state index is -0.108. The summed E-state index contributed by atoms with van der Waals surface area (Å²) >= 11 is 0. The average Bonchev–Trinajstić information content (AvgIpc) is 2.89. The van der Waals surface area contributed by atoms with E-state index in [2.05, 4.69) is 45.2 Å². The highest BCUT2D eigenvalue weighted by atomic mass is 16.5. The molecule has 2 heterocycles. The van der Waals surface area contributed by atoms with Crippen LogP contribution in [-0.2, 0) is 6.42 Å². The summed E-state index contributed by atoms with van der Waals surface area (Å²) in [6.07, 6.45) is 6.87. The van der Waals surface area contributed by atoms with E-state index in [4.69, 9.17) is 4.74 Å². The van der Waals surface area contributed by atoms with Crippen molar-refractivity contribution in [2.45, 2.75) is 26.2 Å². The lowest BCUT2D eigenvalue weighted by molar-refractivity contribution is 0.102. The van der Waals surface area contributed by atoms with Crippen LogP contribution < -0.4 is 15.0 Å². The van der Waals surface area contributed by atoms with E-state index in [1.807, 2.05) is 54.9 Å². The van der Waals surface area contributed by atoms with Crippen LogP contribution in [0, 0.1) is 0 Å². The second kappa shape index (κ2) is 12.2. The SMILES string of the molecule is CCCCOc1ccc(C(=O)Nc2ccccc2N2CCN(CCc3ccncc3)CC2)cc1. The topological polar surface area (TPSA) is 57.7 Å². The average molecular weight is 459 g/mol. The number of para-hydroxylation sites is 2. The number of piperazine rings is 1. The molecule has 6 heteroatoms. The summed E-state index contributed by atoms with van der Waals surface area (Å²) in [5, 5.41) is 3.11. The van der Waals surface area contributed by atoms with Crippen molar-refractivity contribution in [3.63, 3.8) is 0 Å². The van der Waals surface area contributed by atoms with Crippen molar-refractivity contribution >= 4 is 17.3 Å². The molecular weight excluding hydrogens is 424 g/mol. The van der Waals surface area contributed by atoms with Gasteiger partial charge in [-0.05, 0) is 66.9 Å². The Morgan fingerprint density at radius 2 is 1.71 bits per heavy atom. The fourth-order valence-electron chi connectivity index (χ4n) is 4.14. The highest BCUT2D eigenvalue weighted by molar-refractivity contribution is 6.06. The van der Waals surface area contributed by atoms with Gasteiger partial charge in [0, 0.05) is 50.7 Å². The lowest BCUT2D eigenvalue weighted by atomic mass is 10.1. The number of aromatic nitrogens is 1. The van der Waals surface area contributed by atoms with E-state index in [0.29, 0.717) is 12.2 Å². The van der Waals surface area contributed by atoms with Crippen LogP contribution in [0.15, 0.2) is 73.1 Å². The summed E-state index contributed by atoms with van der Waals surface area (Å²) in [6.45, 7) is 7.78. The quantitative estimate of drug-likeness (QED) is 0.439. The van der Waals surface area contributed by atoms with Gasteiger partial charge in [0.25, 0.3) is 5.91 Å². The van der Waals surface area contributed by atoms with E-state index in [0.717, 1.165) is 69.1 Å². The maximum Gasteiger partial charge on any atom is 0.255 e. The van der Waals surface area contributed by atoms with E-state index in [9.17, 15) is 4.79 Å². The second-order valence-corrected chi connectivity index (χ2v) is 8.63. The fourth-order valence-corrected chi connectivity index (χ4v) is 4.14. The van der Waals surface area contributed by atoms with Crippen molar-refractivity contribution in [1.82, 2.24) is 9.88 Å². The van der Waals surface area contributed by atoms with Crippen molar-refractivity contribution in [2.24, 2.45) is 0 Å². The molecule has 0 radical (unpaired) electrons. The van der Waals surface area contributed by atoms with Crippen molar-refractivity contribution in [3.8, 4) is 5.75 Å². The van der Waals surface area contributed by atoms with E-state index < -0.39 is 0 Å². The van der Waals surface area contributed by atoms with Crippen LogP contribution in [-0.4, -0.2) is 55.1 Å². The summed E-state index contributed by atoms with van der Waals surface area (Å²) in [7, 11) is 0. The Labute approximate surface area is 202 Å². The number of nitrogens with one attached hydrogen (secondary N) is 1. The minimum absolute atomic E-state index is 0.108. The summed E-state index contributed by atoms with van der Waals surface area (Å²) in [5.74, 6) is 0.691. The molecule has 0 bridgehead atoms. The molecule has 0 atom stereocenters. The van der Waals surface area contributed by atoms with Crippen molar-refractivity contribution in [3.05, 3.63) is 84.2 Å². The highest BCUT2D eigenvalue weighted by Gasteiger charge is 2.20. The summed E-state index contributed by atoms with van der Waals surface area (Å²) < 4.78 is 5.70. The molecule has 0 aliphatic carbocycles. The van der Waals surface area contributed by atoms with E-state index in [1.54, 1.807) is 0 Å². The molecule has 34 heavy (non-hydrogen) atoms. The Morgan fingerprint density at radius 3 is 2.44 bits per heavy atom. The van der Waals surface area contributed by atoms with Crippen LogP contribution in [0.4, 0.5) is 11.4 Å². The van der Waals surface area contributed by atoms with Gasteiger partial charge in [-0.25, -0.2) is 0 Å². The third-order valence-corrected chi connectivity index (χ3v) is 6.21. The molecule has 3 aromatic rings. The number of hydrogen-bond donors (Lipinski definition) is 1. The maximum atomic E-state index is 12.9. The van der Waals surface area contributed by atoms with Gasteiger partial charge in [0.15, 0.2) is 0 Å². The number of ether oxygens (including phenoxy) is 1. The molecule has 4 rings (SSSR count). The lowest BCUT2D eigenvalue weighted by Gasteiger charge is -2.37. The molecule has 1 aliphatic heterocycles. The third kappa shape index (κ3) is 6.58. The predicted octanol–water partition coefficient (Wildman–Crippen LogP) is 4.88. The Balaban J connectivity index is 1.32. The standard InChI is InChI=1S/C28H34N4O2/c1-2-3-22-34-25-10-8-24(9-11-25)28(33)30-26-6-4-5-7-27(26)32-20-18-31(19-21-32)17-14-23-12-15-29-16-13-23/h4-13,15-16H,2-3,14,17-22H2,1H3,(H,30,33). The number of pyridine rings is 1. The molecular formula is C28H34N4O2. The van der Waals surface area contributed by atoms with Crippen molar-refractivity contribution < 1.29 is 9.53 Å². The van der Waals surface area contributed by atoms with E-state index >= 15 is 0 Å². The van der Waals surface area contributed by atoms with Crippen LogP contribution in [0.3, 0.4) is 0 Å². The molecule has 0 spiro atoms. The Kier molecular flexibility index (Phi) is 8.52. The number of carbonyl (C=O) groups excluding carboxylic acids is 1. The summed E-state index contributed by atoms with van der Waals surface area (Å²) in [4.78, 5) is 21.9. The number of rotatable bonds is 10. The first kappa shape index (κ1) is 23.8. The first-order valence-corrected chi connectivity index (χ1v) is 12.2. The van der Waals surface area contributed by atoms with Gasteiger partial charge in [0.1, 0.15) is 5.75 Å². The number of amides is 1. The number of benzene rings is 2. The first-order valence-electron chi connectivity index (χ1n) is 12.2. The largest absolute Gasteiger partial charge is 0.494 e. The van der Waals surface area contributed by atoms with E-state index in [1.165, 1.54) is 5.56 Å². The second-order valence-electron chi connectivity index (χ2n) is 8.63. The molecule has 1 amide bonds. The number of anilines is 2. The molecule has 1 saturated heterocycles. The van der Waals surface area contributed by atoms with Crippen LogP contribution in [0.1, 0.15) is 35.7 Å². The predicted molar refractivity (Wildman–Crippen MR) is 138 cm³/mol. The Morgan fingerprint density at radius 1 is 0.971 bits per heavy atom. The van der Waals surface area contributed by atoms with Gasteiger partial charge in [-0.2, -0.15) is 0 Å². The molecule has 1 fully saturated rings. The normalized spacial score (nSPS) is 14.1. The van der Waals surface area contributed by atoms with Crippen molar-refractivity contribution in [1.29, 1.82) is 0 Å². The smallest absolute Gasteiger partial charge is 0.255 e. The van der Waals surface area contributed by atoms with Crippen LogP contribution >= 0.6 is 0 Å². The summed E-state index contributed by atoms with van der Waals surface area (Å²) in [5.41, 5.74) is 3.87. The minimum Gasteiger partial charge on any atom is -0.494 e. The van der Waals surface area contributed by atoms with Crippen molar-refractivity contribution in [2.75, 3.05) is 49.5 Å².